The van der Waals surface area contributed by atoms with E-state index in [0.29, 0.717) is 28.0 Å². The Morgan fingerprint density at radius 1 is 1.05 bits per heavy atom. The molecule has 2 aromatic carbocycles. The smallest absolute Gasteiger partial charge is 0.375 e. The van der Waals surface area contributed by atoms with E-state index in [0.717, 1.165) is 0 Å². The fourth-order valence-corrected chi connectivity index (χ4v) is 2.36. The molecule has 0 N–H and O–H groups in total. The third kappa shape index (κ3) is 1.91. The van der Waals surface area contributed by atoms with Gasteiger partial charge in [-0.3, -0.25) is 0 Å². The fourth-order valence-electron chi connectivity index (χ4n) is 2.36. The van der Waals surface area contributed by atoms with E-state index in [-0.39, 0.29) is 18.4 Å². The van der Waals surface area contributed by atoms with Crippen molar-refractivity contribution >= 4 is 16.7 Å². The number of hydrogen-bond donors (Lipinski definition) is 0. The van der Waals surface area contributed by atoms with Crippen LogP contribution >= 0.6 is 0 Å². The van der Waals surface area contributed by atoms with Crippen LogP contribution in [0.4, 0.5) is 5.82 Å². The number of fused-ring (bicyclic) bond motifs is 2. The molecule has 0 aliphatic carbocycles. The van der Waals surface area contributed by atoms with Crippen LogP contribution in [0.2, 0.25) is 0 Å². The molecule has 0 amide bonds. The monoisotopic (exact) mass is 295 g/mol. The second-order valence-corrected chi connectivity index (χ2v) is 4.71. The predicted octanol–water partition coefficient (Wildman–Crippen LogP) is 2.93. The zero-order chi connectivity index (χ0) is 15.1. The molecule has 0 spiro atoms. The van der Waals surface area contributed by atoms with Crippen molar-refractivity contribution in [2.45, 2.75) is 0 Å². The number of nitro groups is 1. The lowest BCUT2D eigenvalue weighted by Gasteiger charge is -2.02. The van der Waals surface area contributed by atoms with Gasteiger partial charge in [-0.1, -0.05) is 12.1 Å². The number of nitrogens with zero attached hydrogens (tertiary/aromatic N) is 3. The molecule has 0 unspecified atom stereocenters. The minimum atomic E-state index is -0.500. The average Bonchev–Trinajstić information content (AvgIpc) is 3.01. The Bertz CT molecular complexity index is 910. The summed E-state index contributed by atoms with van der Waals surface area (Å²) >= 11 is 0. The van der Waals surface area contributed by atoms with Crippen LogP contribution in [0.25, 0.3) is 22.3 Å². The van der Waals surface area contributed by atoms with Crippen molar-refractivity contribution in [3.8, 4) is 22.9 Å². The van der Waals surface area contributed by atoms with E-state index in [2.05, 4.69) is 9.97 Å². The summed E-state index contributed by atoms with van der Waals surface area (Å²) in [7, 11) is 0. The third-order valence-corrected chi connectivity index (χ3v) is 3.39. The van der Waals surface area contributed by atoms with Gasteiger partial charge in [0.05, 0.1) is 10.9 Å². The number of hydrogen-bond acceptors (Lipinski definition) is 6. The Morgan fingerprint density at radius 2 is 1.86 bits per heavy atom. The van der Waals surface area contributed by atoms with Crippen LogP contribution in [0, 0.1) is 10.1 Å². The maximum atomic E-state index is 11.3. The summed E-state index contributed by atoms with van der Waals surface area (Å²) in [5.41, 5.74) is 1.16. The van der Waals surface area contributed by atoms with Gasteiger partial charge in [0.25, 0.3) is 5.82 Å². The summed E-state index contributed by atoms with van der Waals surface area (Å²) in [6, 6.07) is 12.1. The lowest BCUT2D eigenvalue weighted by atomic mass is 10.1. The van der Waals surface area contributed by atoms with Crippen LogP contribution in [-0.4, -0.2) is 21.7 Å². The van der Waals surface area contributed by atoms with Gasteiger partial charge >= 0.3 is 5.82 Å². The van der Waals surface area contributed by atoms with E-state index in [9.17, 15) is 10.1 Å². The maximum absolute atomic E-state index is 11.3. The van der Waals surface area contributed by atoms with E-state index >= 15 is 0 Å². The molecule has 7 nitrogen and oxygen atoms in total. The Morgan fingerprint density at radius 3 is 2.73 bits per heavy atom. The van der Waals surface area contributed by atoms with Crippen molar-refractivity contribution in [3.63, 3.8) is 0 Å². The Balaban J connectivity index is 1.93. The summed E-state index contributed by atoms with van der Waals surface area (Å²) in [5, 5.41) is 11.7. The van der Waals surface area contributed by atoms with Gasteiger partial charge in [-0.25, -0.2) is 4.98 Å². The number of aromatic nitrogens is 2. The number of rotatable bonds is 2. The fraction of sp³-hybridized carbons (Fsp3) is 0.0667. The minimum Gasteiger partial charge on any atom is -0.454 e. The molecule has 1 aliphatic rings. The Kier molecular flexibility index (Phi) is 2.65. The molecule has 0 atom stereocenters. The second-order valence-electron chi connectivity index (χ2n) is 4.71. The predicted molar refractivity (Wildman–Crippen MR) is 77.8 cm³/mol. The lowest BCUT2D eigenvalue weighted by Crippen LogP contribution is -1.98. The van der Waals surface area contributed by atoms with Gasteiger partial charge in [-0.2, -0.15) is 0 Å². The van der Waals surface area contributed by atoms with E-state index in [1.54, 1.807) is 42.5 Å². The molecule has 0 radical (unpaired) electrons. The normalized spacial score (nSPS) is 12.5. The standard InChI is InChI=1S/C15H9N3O4/c19-18(20)15-10-3-1-2-4-11(10)16-14(17-15)9-5-6-12-13(7-9)22-8-21-12/h1-7H,8H2. The molecule has 0 saturated heterocycles. The van der Waals surface area contributed by atoms with E-state index in [4.69, 9.17) is 9.47 Å². The molecular formula is C15H9N3O4. The number of para-hydroxylation sites is 1. The first kappa shape index (κ1) is 12.5. The van der Waals surface area contributed by atoms with Gasteiger partial charge in [-0.15, -0.1) is 0 Å². The van der Waals surface area contributed by atoms with E-state index in [1.165, 1.54) is 0 Å². The molecule has 2 heterocycles. The quantitative estimate of drug-likeness (QED) is 0.533. The maximum Gasteiger partial charge on any atom is 0.375 e. The van der Waals surface area contributed by atoms with Crippen LogP contribution in [0.1, 0.15) is 0 Å². The summed E-state index contributed by atoms with van der Waals surface area (Å²) < 4.78 is 10.6. The highest BCUT2D eigenvalue weighted by Gasteiger charge is 2.21. The van der Waals surface area contributed by atoms with Gasteiger partial charge in [0.15, 0.2) is 11.5 Å². The van der Waals surface area contributed by atoms with Crippen molar-refractivity contribution in [2.24, 2.45) is 0 Å². The van der Waals surface area contributed by atoms with Crippen LogP contribution in [-0.2, 0) is 0 Å². The van der Waals surface area contributed by atoms with Gasteiger partial charge in [0.2, 0.25) is 6.79 Å². The summed E-state index contributed by atoms with van der Waals surface area (Å²) in [6.45, 7) is 0.164. The molecule has 0 saturated carbocycles. The zero-order valence-corrected chi connectivity index (χ0v) is 11.2. The van der Waals surface area contributed by atoms with Crippen molar-refractivity contribution in [2.75, 3.05) is 6.79 Å². The number of benzene rings is 2. The molecule has 7 heteroatoms. The minimum absolute atomic E-state index is 0.164. The van der Waals surface area contributed by atoms with Crippen molar-refractivity contribution in [1.29, 1.82) is 0 Å². The SMILES string of the molecule is O=[N+]([O-])c1nc(-c2ccc3c(c2)OCO3)nc2ccccc12. The highest BCUT2D eigenvalue weighted by Crippen LogP contribution is 2.36. The van der Waals surface area contributed by atoms with Crippen molar-refractivity contribution in [3.05, 3.63) is 52.6 Å². The van der Waals surface area contributed by atoms with Crippen molar-refractivity contribution < 1.29 is 14.4 Å². The van der Waals surface area contributed by atoms with Gasteiger partial charge in [-0.05, 0) is 40.2 Å². The first-order valence-corrected chi connectivity index (χ1v) is 6.53. The van der Waals surface area contributed by atoms with Crippen LogP contribution in [0.5, 0.6) is 11.5 Å². The summed E-state index contributed by atoms with van der Waals surface area (Å²) in [6.07, 6.45) is 0. The molecule has 22 heavy (non-hydrogen) atoms. The molecule has 1 aromatic heterocycles. The van der Waals surface area contributed by atoms with Crippen LogP contribution in [0.15, 0.2) is 42.5 Å². The first-order valence-electron chi connectivity index (χ1n) is 6.53. The van der Waals surface area contributed by atoms with E-state index in [1.807, 2.05) is 0 Å². The van der Waals surface area contributed by atoms with E-state index < -0.39 is 4.92 Å². The molecule has 1 aliphatic heterocycles. The molecule has 3 aromatic rings. The lowest BCUT2D eigenvalue weighted by molar-refractivity contribution is -0.387. The van der Waals surface area contributed by atoms with Gasteiger partial charge in [0, 0.05) is 5.56 Å². The molecule has 108 valence electrons. The van der Waals surface area contributed by atoms with Crippen LogP contribution in [0.3, 0.4) is 0 Å². The highest BCUT2D eigenvalue weighted by molar-refractivity contribution is 5.87. The highest BCUT2D eigenvalue weighted by atomic mass is 16.7. The Labute approximate surface area is 124 Å². The zero-order valence-electron chi connectivity index (χ0n) is 11.2. The van der Waals surface area contributed by atoms with Gasteiger partial charge < -0.3 is 19.6 Å². The first-order chi connectivity index (χ1) is 10.7. The summed E-state index contributed by atoms with van der Waals surface area (Å²) in [4.78, 5) is 19.2. The van der Waals surface area contributed by atoms with Gasteiger partial charge in [0.1, 0.15) is 0 Å². The van der Waals surface area contributed by atoms with Crippen molar-refractivity contribution in [1.82, 2.24) is 9.97 Å². The summed E-state index contributed by atoms with van der Waals surface area (Å²) in [5.74, 6) is 1.29. The van der Waals surface area contributed by atoms with Crippen LogP contribution < -0.4 is 9.47 Å². The molecular weight excluding hydrogens is 286 g/mol. The largest absolute Gasteiger partial charge is 0.454 e. The third-order valence-electron chi connectivity index (χ3n) is 3.39. The number of ether oxygens (including phenoxy) is 2. The molecule has 0 bridgehead atoms. The molecule has 4 rings (SSSR count). The second kappa shape index (κ2) is 4.66. The molecule has 0 fully saturated rings. The Hall–Kier alpha value is -3.22. The average molecular weight is 295 g/mol. The topological polar surface area (TPSA) is 87.4 Å².